The Morgan fingerprint density at radius 1 is 1.00 bits per heavy atom. The van der Waals surface area contributed by atoms with Gasteiger partial charge in [-0.05, 0) is 43.3 Å². The molecule has 0 atom stereocenters. The van der Waals surface area contributed by atoms with Crippen LogP contribution < -0.4 is 5.32 Å². The molecule has 2 aromatic carbocycles. The molecular weight excluding hydrogens is 389 g/mol. The molecule has 9 heteroatoms. The number of amides is 2. The van der Waals surface area contributed by atoms with E-state index in [0.29, 0.717) is 0 Å². The number of nitrogens with zero attached hydrogens (tertiary/aromatic N) is 1. The van der Waals surface area contributed by atoms with Gasteiger partial charge in [0.25, 0.3) is 5.91 Å². The van der Waals surface area contributed by atoms with Crippen LogP contribution in [0.1, 0.15) is 33.2 Å². The van der Waals surface area contributed by atoms with Gasteiger partial charge in [-0.2, -0.15) is 13.2 Å². The van der Waals surface area contributed by atoms with Gasteiger partial charge in [-0.1, -0.05) is 12.1 Å². The highest BCUT2D eigenvalue weighted by atomic mass is 19.4. The van der Waals surface area contributed by atoms with Crippen molar-refractivity contribution in [1.29, 1.82) is 0 Å². The first-order chi connectivity index (χ1) is 13.7. The molecule has 29 heavy (non-hydrogen) atoms. The van der Waals surface area contributed by atoms with Crippen molar-refractivity contribution in [3.8, 4) is 0 Å². The zero-order valence-corrected chi connectivity index (χ0v) is 15.7. The van der Waals surface area contributed by atoms with E-state index in [1.807, 2.05) is 0 Å². The molecule has 0 saturated carbocycles. The Balaban J connectivity index is 2.10. The van der Waals surface area contributed by atoms with E-state index in [1.165, 1.54) is 48.4 Å². The average Bonchev–Trinajstić information content (AvgIpc) is 2.70. The van der Waals surface area contributed by atoms with Crippen molar-refractivity contribution >= 4 is 23.5 Å². The summed E-state index contributed by atoms with van der Waals surface area (Å²) < 4.78 is 43.7. The van der Waals surface area contributed by atoms with Gasteiger partial charge >= 0.3 is 12.1 Å². The Kier molecular flexibility index (Phi) is 6.98. The number of rotatable bonds is 6. The molecule has 0 aliphatic heterocycles. The van der Waals surface area contributed by atoms with Crippen molar-refractivity contribution in [2.45, 2.75) is 13.1 Å². The molecule has 0 aromatic heterocycles. The second-order valence-electron chi connectivity index (χ2n) is 5.98. The number of halogens is 3. The second-order valence-corrected chi connectivity index (χ2v) is 5.98. The number of anilines is 1. The molecule has 2 amide bonds. The summed E-state index contributed by atoms with van der Waals surface area (Å²) in [6.07, 6.45) is -4.62. The molecule has 0 aliphatic carbocycles. The number of nitrogens with one attached hydrogen (secondary N) is 1. The Morgan fingerprint density at radius 2 is 1.59 bits per heavy atom. The fraction of sp³-hybridized carbons (Fsp3) is 0.250. The lowest BCUT2D eigenvalue weighted by atomic mass is 10.1. The Hall–Kier alpha value is -3.36. The smallest absolute Gasteiger partial charge is 0.418 e. The minimum absolute atomic E-state index is 0.159. The Morgan fingerprint density at radius 3 is 2.14 bits per heavy atom. The molecule has 0 spiro atoms. The predicted molar refractivity (Wildman–Crippen MR) is 99.4 cm³/mol. The van der Waals surface area contributed by atoms with E-state index >= 15 is 0 Å². The van der Waals surface area contributed by atoms with Crippen LogP contribution in [0.25, 0.3) is 0 Å². The number of benzene rings is 2. The Labute approximate surface area is 165 Å². The van der Waals surface area contributed by atoms with Gasteiger partial charge in [-0.15, -0.1) is 0 Å². The van der Waals surface area contributed by atoms with Crippen molar-refractivity contribution in [3.63, 3.8) is 0 Å². The molecule has 0 radical (unpaired) electrons. The number of carbonyl (C=O) groups is 3. The highest BCUT2D eigenvalue weighted by molar-refractivity contribution is 6.00. The Bertz CT molecular complexity index is 895. The molecule has 0 saturated heterocycles. The third kappa shape index (κ3) is 5.56. The summed E-state index contributed by atoms with van der Waals surface area (Å²) in [5.41, 5.74) is -0.867. The van der Waals surface area contributed by atoms with Crippen molar-refractivity contribution in [2.24, 2.45) is 0 Å². The van der Waals surface area contributed by atoms with Crippen LogP contribution in [0.3, 0.4) is 0 Å². The van der Waals surface area contributed by atoms with Crippen LogP contribution in [-0.2, 0) is 15.7 Å². The number of esters is 1. The number of para-hydroxylation sites is 1. The van der Waals surface area contributed by atoms with Crippen LogP contribution in [-0.4, -0.2) is 42.9 Å². The molecule has 0 aliphatic rings. The highest BCUT2D eigenvalue weighted by Gasteiger charge is 2.33. The van der Waals surface area contributed by atoms with Crippen molar-refractivity contribution in [1.82, 2.24) is 4.90 Å². The largest absolute Gasteiger partial charge is 0.465 e. The first kappa shape index (κ1) is 21.9. The van der Waals surface area contributed by atoms with Crippen molar-refractivity contribution in [2.75, 3.05) is 25.5 Å². The first-order valence-electron chi connectivity index (χ1n) is 8.61. The average molecular weight is 408 g/mol. The van der Waals surface area contributed by atoms with E-state index in [1.54, 1.807) is 6.92 Å². The van der Waals surface area contributed by atoms with Gasteiger partial charge in [0, 0.05) is 12.1 Å². The van der Waals surface area contributed by atoms with Crippen LogP contribution in [0, 0.1) is 0 Å². The quantitative estimate of drug-likeness (QED) is 0.742. The number of alkyl halides is 3. The van der Waals surface area contributed by atoms with Gasteiger partial charge in [0.15, 0.2) is 0 Å². The molecule has 154 valence electrons. The van der Waals surface area contributed by atoms with E-state index < -0.39 is 36.1 Å². The topological polar surface area (TPSA) is 75.7 Å². The van der Waals surface area contributed by atoms with Crippen LogP contribution in [0.2, 0.25) is 0 Å². The monoisotopic (exact) mass is 408 g/mol. The summed E-state index contributed by atoms with van der Waals surface area (Å²) in [7, 11) is 1.23. The third-order valence-electron chi connectivity index (χ3n) is 4.06. The van der Waals surface area contributed by atoms with Crippen LogP contribution in [0.15, 0.2) is 48.5 Å². The van der Waals surface area contributed by atoms with Crippen LogP contribution >= 0.6 is 0 Å². The molecule has 0 bridgehead atoms. The highest BCUT2D eigenvalue weighted by Crippen LogP contribution is 2.34. The van der Waals surface area contributed by atoms with Crippen LogP contribution in [0.4, 0.5) is 18.9 Å². The molecule has 2 rings (SSSR count). The molecule has 6 nitrogen and oxygen atoms in total. The van der Waals surface area contributed by atoms with Gasteiger partial charge < -0.3 is 15.0 Å². The lowest BCUT2D eigenvalue weighted by Gasteiger charge is -2.21. The number of likely N-dealkylation sites (N-methyl/N-ethyl adjacent to an activating group) is 1. The van der Waals surface area contributed by atoms with Gasteiger partial charge in [-0.3, -0.25) is 9.59 Å². The first-order valence-corrected chi connectivity index (χ1v) is 8.61. The normalized spacial score (nSPS) is 10.9. The lowest BCUT2D eigenvalue weighted by Crippen LogP contribution is -2.38. The second kappa shape index (κ2) is 9.22. The number of carbonyl (C=O) groups excluding carboxylic acids is 3. The van der Waals surface area contributed by atoms with E-state index in [4.69, 9.17) is 0 Å². The number of ether oxygens (including phenoxy) is 1. The van der Waals surface area contributed by atoms with Gasteiger partial charge in [-0.25, -0.2) is 4.79 Å². The van der Waals surface area contributed by atoms with E-state index in [9.17, 15) is 27.6 Å². The molecule has 0 unspecified atom stereocenters. The van der Waals surface area contributed by atoms with Crippen molar-refractivity contribution in [3.05, 3.63) is 65.2 Å². The zero-order valence-electron chi connectivity index (χ0n) is 15.7. The number of methoxy groups -OCH3 is 1. The maximum absolute atomic E-state index is 13.0. The number of hydrogen-bond donors (Lipinski definition) is 1. The van der Waals surface area contributed by atoms with Crippen molar-refractivity contribution < 1.29 is 32.3 Å². The van der Waals surface area contributed by atoms with Gasteiger partial charge in [0.1, 0.15) is 6.54 Å². The van der Waals surface area contributed by atoms with Gasteiger partial charge in [0.2, 0.25) is 5.91 Å². The van der Waals surface area contributed by atoms with Crippen LogP contribution in [0.5, 0.6) is 0 Å². The number of hydrogen-bond acceptors (Lipinski definition) is 4. The maximum atomic E-state index is 13.0. The molecule has 0 fully saturated rings. The summed E-state index contributed by atoms with van der Waals surface area (Å²) in [5.74, 6) is -1.81. The lowest BCUT2D eigenvalue weighted by molar-refractivity contribution is -0.137. The summed E-state index contributed by atoms with van der Waals surface area (Å²) in [6, 6.07) is 10.2. The van der Waals surface area contributed by atoms with E-state index in [2.05, 4.69) is 10.1 Å². The summed E-state index contributed by atoms with van der Waals surface area (Å²) in [5, 5.41) is 2.21. The summed E-state index contributed by atoms with van der Waals surface area (Å²) >= 11 is 0. The summed E-state index contributed by atoms with van der Waals surface area (Å²) in [4.78, 5) is 37.5. The maximum Gasteiger partial charge on any atom is 0.418 e. The molecular formula is C20H19F3N2O4. The molecule has 2 aromatic rings. The fourth-order valence-corrected chi connectivity index (χ4v) is 2.58. The SMILES string of the molecule is CCN(CC(=O)Nc1ccccc1C(F)(F)F)C(=O)c1ccc(C(=O)OC)cc1. The summed E-state index contributed by atoms with van der Waals surface area (Å²) in [6.45, 7) is 1.36. The molecule has 0 heterocycles. The minimum Gasteiger partial charge on any atom is -0.465 e. The zero-order chi connectivity index (χ0) is 21.6. The standard InChI is InChI=1S/C20H19F3N2O4/c1-3-25(18(27)13-8-10-14(11-9-13)19(28)29-2)12-17(26)24-16-7-5-4-6-15(16)20(21,22)23/h4-11H,3,12H2,1-2H3,(H,24,26). The van der Waals surface area contributed by atoms with E-state index in [-0.39, 0.29) is 23.4 Å². The third-order valence-corrected chi connectivity index (χ3v) is 4.06. The van der Waals surface area contributed by atoms with E-state index in [0.717, 1.165) is 12.1 Å². The minimum atomic E-state index is -4.62. The fourth-order valence-electron chi connectivity index (χ4n) is 2.58. The van der Waals surface area contributed by atoms with Gasteiger partial charge in [0.05, 0.1) is 23.9 Å². The molecule has 1 N–H and O–H groups in total. The predicted octanol–water partition coefficient (Wildman–Crippen LogP) is 3.59.